The van der Waals surface area contributed by atoms with Gasteiger partial charge in [-0.25, -0.2) is 9.59 Å². The average molecular weight is 203 g/mol. The van der Waals surface area contributed by atoms with E-state index in [1.165, 1.54) is 0 Å². The van der Waals surface area contributed by atoms with Gasteiger partial charge in [-0.3, -0.25) is 0 Å². The number of alkyl carbamates (subject to hydrolysis) is 1. The Morgan fingerprint density at radius 1 is 1.43 bits per heavy atom. The second-order valence-electron chi connectivity index (χ2n) is 3.44. The summed E-state index contributed by atoms with van der Waals surface area (Å²) in [5.74, 6) is -0.806. The van der Waals surface area contributed by atoms with E-state index < -0.39 is 18.1 Å². The quantitative estimate of drug-likeness (QED) is 0.704. The van der Waals surface area contributed by atoms with Crippen LogP contribution in [0.5, 0.6) is 0 Å². The number of hydrogen-bond acceptors (Lipinski definition) is 3. The third-order valence-electron chi connectivity index (χ3n) is 1.55. The van der Waals surface area contributed by atoms with E-state index in [1.54, 1.807) is 6.92 Å². The fraction of sp³-hybridized carbons (Fsp3) is 0.778. The molecule has 0 bridgehead atoms. The normalized spacial score (nSPS) is 12.3. The zero-order chi connectivity index (χ0) is 11.1. The molecule has 0 aromatic heterocycles. The molecule has 0 aliphatic heterocycles. The Balaban J connectivity index is 3.85. The Labute approximate surface area is 83.4 Å². The van der Waals surface area contributed by atoms with Gasteiger partial charge >= 0.3 is 12.1 Å². The molecule has 2 N–H and O–H groups in total. The second kappa shape index (κ2) is 6.23. The zero-order valence-corrected chi connectivity index (χ0v) is 8.74. The van der Waals surface area contributed by atoms with Crippen molar-refractivity contribution in [2.24, 2.45) is 5.92 Å². The molecule has 1 unspecified atom stereocenters. The predicted octanol–water partition coefficient (Wildman–Crippen LogP) is 1.23. The maximum Gasteiger partial charge on any atom is 0.407 e. The van der Waals surface area contributed by atoms with Gasteiger partial charge in [0.2, 0.25) is 0 Å². The molecule has 14 heavy (non-hydrogen) atoms. The summed E-state index contributed by atoms with van der Waals surface area (Å²) >= 11 is 0. The first kappa shape index (κ1) is 12.7. The van der Waals surface area contributed by atoms with Crippen LogP contribution in [0.15, 0.2) is 0 Å². The van der Waals surface area contributed by atoms with Gasteiger partial charge in [0.1, 0.15) is 6.04 Å². The van der Waals surface area contributed by atoms with E-state index in [9.17, 15) is 9.59 Å². The Bertz CT molecular complexity index is 203. The maximum atomic E-state index is 11.0. The third-order valence-corrected chi connectivity index (χ3v) is 1.55. The van der Waals surface area contributed by atoms with Crippen LogP contribution in [0.4, 0.5) is 4.79 Å². The van der Waals surface area contributed by atoms with E-state index in [0.29, 0.717) is 13.0 Å². The van der Waals surface area contributed by atoms with Gasteiger partial charge in [-0.2, -0.15) is 0 Å². The van der Waals surface area contributed by atoms with Crippen LogP contribution in [-0.4, -0.2) is 29.8 Å². The van der Waals surface area contributed by atoms with Gasteiger partial charge in [0.05, 0.1) is 6.61 Å². The molecule has 0 fully saturated rings. The molecular formula is C9H17NO4. The second-order valence-corrected chi connectivity index (χ2v) is 3.44. The van der Waals surface area contributed by atoms with Gasteiger partial charge < -0.3 is 15.2 Å². The lowest BCUT2D eigenvalue weighted by atomic mass is 10.2. The molecule has 0 saturated carbocycles. The maximum absolute atomic E-state index is 11.0. The van der Waals surface area contributed by atoms with Crippen molar-refractivity contribution in [1.82, 2.24) is 5.32 Å². The van der Waals surface area contributed by atoms with Crippen molar-refractivity contribution in [3.8, 4) is 0 Å². The summed E-state index contributed by atoms with van der Waals surface area (Å²) in [7, 11) is 0. The summed E-state index contributed by atoms with van der Waals surface area (Å²) in [6.45, 7) is 5.78. The summed E-state index contributed by atoms with van der Waals surface area (Å²) in [6.07, 6.45) is -0.334. The monoisotopic (exact) mass is 203 g/mol. The zero-order valence-electron chi connectivity index (χ0n) is 8.74. The molecule has 0 aliphatic rings. The van der Waals surface area contributed by atoms with Gasteiger partial charge in [-0.05, 0) is 12.3 Å². The van der Waals surface area contributed by atoms with Crippen molar-refractivity contribution in [3.63, 3.8) is 0 Å². The Hall–Kier alpha value is -1.26. The van der Waals surface area contributed by atoms with E-state index in [2.05, 4.69) is 5.32 Å². The first-order chi connectivity index (χ1) is 6.47. The van der Waals surface area contributed by atoms with Crippen LogP contribution in [-0.2, 0) is 9.53 Å². The summed E-state index contributed by atoms with van der Waals surface area (Å²) in [4.78, 5) is 21.6. The number of nitrogens with one attached hydrogen (secondary N) is 1. The highest BCUT2D eigenvalue weighted by Crippen LogP contribution is 1.95. The lowest BCUT2D eigenvalue weighted by molar-refractivity contribution is -0.139. The molecular weight excluding hydrogens is 186 g/mol. The number of carbonyl (C=O) groups is 2. The molecule has 0 rings (SSSR count). The number of carbonyl (C=O) groups excluding carboxylic acids is 1. The number of carboxylic acid groups (broad SMARTS) is 1. The van der Waals surface area contributed by atoms with Crippen LogP contribution in [0.1, 0.15) is 27.2 Å². The molecule has 5 nitrogen and oxygen atoms in total. The van der Waals surface area contributed by atoms with E-state index in [1.807, 2.05) is 13.8 Å². The molecule has 1 amide bonds. The summed E-state index contributed by atoms with van der Waals surface area (Å²) in [5.41, 5.74) is 0. The molecule has 0 aromatic rings. The standard InChI is InChI=1S/C9H17NO4/c1-4-7(8(11)12)10-9(13)14-5-6(2)3/h6-7H,4-5H2,1-3H3,(H,10,13)(H,11,12). The van der Waals surface area contributed by atoms with E-state index >= 15 is 0 Å². The molecule has 0 heterocycles. The number of amides is 1. The van der Waals surface area contributed by atoms with E-state index in [-0.39, 0.29) is 5.92 Å². The molecule has 0 radical (unpaired) electrons. The molecule has 0 aliphatic carbocycles. The molecule has 82 valence electrons. The van der Waals surface area contributed by atoms with Crippen LogP contribution < -0.4 is 5.32 Å². The molecule has 0 saturated heterocycles. The van der Waals surface area contributed by atoms with Crippen molar-refractivity contribution >= 4 is 12.1 Å². The minimum absolute atomic E-state index is 0.241. The largest absolute Gasteiger partial charge is 0.480 e. The van der Waals surface area contributed by atoms with Crippen molar-refractivity contribution in [3.05, 3.63) is 0 Å². The fourth-order valence-electron chi connectivity index (χ4n) is 0.765. The molecule has 0 aromatic carbocycles. The predicted molar refractivity (Wildman–Crippen MR) is 51.0 cm³/mol. The SMILES string of the molecule is CCC(NC(=O)OCC(C)C)C(=O)O. The fourth-order valence-corrected chi connectivity index (χ4v) is 0.765. The average Bonchev–Trinajstić information content (AvgIpc) is 2.10. The Morgan fingerprint density at radius 2 is 2.00 bits per heavy atom. The first-order valence-electron chi connectivity index (χ1n) is 4.63. The minimum atomic E-state index is -1.05. The third kappa shape index (κ3) is 5.40. The first-order valence-corrected chi connectivity index (χ1v) is 4.63. The Kier molecular flexibility index (Phi) is 5.67. The molecule has 1 atom stereocenters. The van der Waals surface area contributed by atoms with Gasteiger partial charge in [-0.1, -0.05) is 20.8 Å². The van der Waals surface area contributed by atoms with Gasteiger partial charge in [0, 0.05) is 0 Å². The van der Waals surface area contributed by atoms with Crippen LogP contribution >= 0.6 is 0 Å². The highest BCUT2D eigenvalue weighted by atomic mass is 16.5. The number of rotatable bonds is 5. The van der Waals surface area contributed by atoms with Crippen LogP contribution in [0.3, 0.4) is 0 Å². The van der Waals surface area contributed by atoms with Crippen LogP contribution in [0, 0.1) is 5.92 Å². The van der Waals surface area contributed by atoms with Crippen molar-refractivity contribution < 1.29 is 19.4 Å². The molecule has 5 heteroatoms. The van der Waals surface area contributed by atoms with Crippen LogP contribution in [0.2, 0.25) is 0 Å². The van der Waals surface area contributed by atoms with Crippen molar-refractivity contribution in [2.75, 3.05) is 6.61 Å². The summed E-state index contributed by atoms with van der Waals surface area (Å²) in [6, 6.07) is -0.866. The minimum Gasteiger partial charge on any atom is -0.480 e. The van der Waals surface area contributed by atoms with Gasteiger partial charge in [0.15, 0.2) is 0 Å². The lowest BCUT2D eigenvalue weighted by Gasteiger charge is -2.13. The smallest absolute Gasteiger partial charge is 0.407 e. The number of aliphatic carboxylic acids is 1. The van der Waals surface area contributed by atoms with E-state index in [4.69, 9.17) is 9.84 Å². The number of hydrogen-bond donors (Lipinski definition) is 2. The van der Waals surface area contributed by atoms with E-state index in [0.717, 1.165) is 0 Å². The van der Waals surface area contributed by atoms with Crippen molar-refractivity contribution in [1.29, 1.82) is 0 Å². The Morgan fingerprint density at radius 3 is 2.36 bits per heavy atom. The highest BCUT2D eigenvalue weighted by molar-refractivity contribution is 5.79. The number of carboxylic acids is 1. The summed E-state index contributed by atoms with van der Waals surface area (Å²) < 4.78 is 4.77. The van der Waals surface area contributed by atoms with Crippen LogP contribution in [0.25, 0.3) is 0 Å². The highest BCUT2D eigenvalue weighted by Gasteiger charge is 2.18. The van der Waals surface area contributed by atoms with Gasteiger partial charge in [0.25, 0.3) is 0 Å². The summed E-state index contributed by atoms with van der Waals surface area (Å²) in [5, 5.41) is 10.9. The lowest BCUT2D eigenvalue weighted by Crippen LogP contribution is -2.40. The van der Waals surface area contributed by atoms with Crippen molar-refractivity contribution in [2.45, 2.75) is 33.2 Å². The molecule has 0 spiro atoms. The topological polar surface area (TPSA) is 75.6 Å². The van der Waals surface area contributed by atoms with Gasteiger partial charge in [-0.15, -0.1) is 0 Å². The number of ether oxygens (including phenoxy) is 1.